The topological polar surface area (TPSA) is 0 Å². The maximum Gasteiger partial charge on any atom is 4.00 e. The van der Waals surface area contributed by atoms with Gasteiger partial charge in [0.2, 0.25) is 0 Å². The molecule has 0 saturated heterocycles. The van der Waals surface area contributed by atoms with E-state index in [1.807, 2.05) is 0 Å². The van der Waals surface area contributed by atoms with Crippen molar-refractivity contribution in [2.24, 2.45) is 0 Å². The summed E-state index contributed by atoms with van der Waals surface area (Å²) < 4.78 is 0. The third kappa shape index (κ3) is 4.96. The Labute approximate surface area is 165 Å². The molecule has 0 aliphatic heterocycles. The van der Waals surface area contributed by atoms with Gasteiger partial charge >= 0.3 is 21.7 Å². The number of fused-ring (bicyclic) bond motifs is 2. The van der Waals surface area contributed by atoms with Crippen molar-refractivity contribution in [1.82, 2.24) is 0 Å². The van der Waals surface area contributed by atoms with Gasteiger partial charge in [0.1, 0.15) is 0 Å². The Morgan fingerprint density at radius 2 is 1.00 bits per heavy atom. The summed E-state index contributed by atoms with van der Waals surface area (Å²) in [6.45, 7) is 4.28. The largest absolute Gasteiger partial charge is 4.00 e. The fourth-order valence-corrected chi connectivity index (χ4v) is 2.65. The zero-order valence-electron chi connectivity index (χ0n) is 13.2. The molecular weight excluding hydrogens is 359 g/mol. The summed E-state index contributed by atoms with van der Waals surface area (Å²) in [5.74, 6) is 0. The van der Waals surface area contributed by atoms with E-state index in [9.17, 15) is 0 Å². The van der Waals surface area contributed by atoms with Crippen molar-refractivity contribution in [1.29, 1.82) is 0 Å². The van der Waals surface area contributed by atoms with Gasteiger partial charge in [-0.3, -0.25) is 0 Å². The molecule has 116 valence electrons. The summed E-state index contributed by atoms with van der Waals surface area (Å²) in [4.78, 5) is 0. The van der Waals surface area contributed by atoms with Crippen LogP contribution in [0.2, 0.25) is 0 Å². The first-order chi connectivity index (χ1) is 9.75. The van der Waals surface area contributed by atoms with Crippen LogP contribution in [0.4, 0.5) is 0 Å². The van der Waals surface area contributed by atoms with E-state index in [1.54, 1.807) is 0 Å². The Bertz CT molecular complexity index is 771. The van der Waals surface area contributed by atoms with Crippen LogP contribution in [0.5, 0.6) is 0 Å². The van der Waals surface area contributed by atoms with Crippen LogP contribution >= 0.6 is 0 Å². The van der Waals surface area contributed by atoms with Crippen LogP contribution in [0.1, 0.15) is 11.1 Å². The van der Waals surface area contributed by atoms with Gasteiger partial charge in [0.25, 0.3) is 0 Å². The smallest absolute Gasteiger partial charge is 1.00 e. The van der Waals surface area contributed by atoms with Crippen LogP contribution in [0, 0.1) is 13.8 Å². The molecule has 0 N–H and O–H groups in total. The monoisotopic (exact) mass is 376 g/mol. The molecule has 4 aromatic carbocycles. The molecule has 0 radical (unpaired) electrons. The summed E-state index contributed by atoms with van der Waals surface area (Å²) >= 11 is 0. The second-order valence-corrected chi connectivity index (χ2v) is 5.21. The normalized spacial score (nSPS) is 9.13. The van der Waals surface area contributed by atoms with E-state index in [4.69, 9.17) is 0 Å². The molecule has 0 saturated carbocycles. The Balaban J connectivity index is 0.000000372. The van der Waals surface area contributed by atoms with Crippen LogP contribution in [0.25, 0.3) is 21.5 Å². The Kier molecular flexibility index (Phi) is 9.50. The van der Waals surface area contributed by atoms with E-state index in [2.05, 4.69) is 86.6 Å². The molecule has 0 aromatic heterocycles. The molecule has 0 aliphatic rings. The van der Waals surface area contributed by atoms with Crippen molar-refractivity contribution in [2.45, 2.75) is 13.8 Å². The first-order valence-electron chi connectivity index (χ1n) is 6.98. The Morgan fingerprint density at radius 1 is 0.609 bits per heavy atom. The van der Waals surface area contributed by atoms with Gasteiger partial charge in [0, 0.05) is 0 Å². The molecule has 4 rings (SSSR count). The molecule has 0 aliphatic carbocycles. The van der Waals surface area contributed by atoms with Crippen LogP contribution in [0.15, 0.2) is 72.8 Å². The zero-order valence-corrected chi connectivity index (χ0v) is 16.3. The molecular formula is C20H18Cl2Ti. The van der Waals surface area contributed by atoms with E-state index in [0.29, 0.717) is 0 Å². The molecule has 0 bridgehead atoms. The van der Waals surface area contributed by atoms with Gasteiger partial charge in [0.15, 0.2) is 0 Å². The summed E-state index contributed by atoms with van der Waals surface area (Å²) in [7, 11) is 0. The van der Waals surface area contributed by atoms with Gasteiger partial charge in [-0.1, -0.05) is 26.0 Å². The van der Waals surface area contributed by atoms with Crippen molar-refractivity contribution >= 4 is 21.5 Å². The number of rotatable bonds is 0. The molecule has 0 amide bonds. The van der Waals surface area contributed by atoms with Crippen molar-refractivity contribution < 1.29 is 46.5 Å². The number of hydrogen-bond donors (Lipinski definition) is 0. The molecule has 0 nitrogen and oxygen atoms in total. The van der Waals surface area contributed by atoms with Gasteiger partial charge in [-0.25, -0.2) is 0 Å². The molecule has 0 fully saturated rings. The number of aryl methyl sites for hydroxylation is 2. The molecule has 0 unspecified atom stereocenters. The van der Waals surface area contributed by atoms with Crippen LogP contribution in [-0.4, -0.2) is 0 Å². The standard InChI is InChI=1S/2C10H9.2ClH.Ti/c2*1-8-4-2-5-9-6-3-7-10(8)9;;;/h2*2-7H,1H3;2*1H;/q2*-1;;;+4/p-2. The molecule has 3 heteroatoms. The zero-order chi connectivity index (χ0) is 13.9. The first-order valence-corrected chi connectivity index (χ1v) is 6.98. The minimum atomic E-state index is 0. The van der Waals surface area contributed by atoms with Gasteiger partial charge in [0.05, 0.1) is 0 Å². The van der Waals surface area contributed by atoms with Gasteiger partial charge in [-0.15, -0.1) is 69.1 Å². The van der Waals surface area contributed by atoms with Gasteiger partial charge in [-0.2, -0.15) is 24.3 Å². The van der Waals surface area contributed by atoms with Gasteiger partial charge < -0.3 is 24.8 Å². The van der Waals surface area contributed by atoms with E-state index in [-0.39, 0.29) is 46.5 Å². The fourth-order valence-electron chi connectivity index (χ4n) is 2.65. The fraction of sp³-hybridized carbons (Fsp3) is 0.100. The summed E-state index contributed by atoms with van der Waals surface area (Å²) in [5, 5.41) is 5.45. The first kappa shape index (κ1) is 22.0. The maximum atomic E-state index is 2.16. The summed E-state index contributed by atoms with van der Waals surface area (Å²) in [5.41, 5.74) is 2.73. The van der Waals surface area contributed by atoms with Crippen LogP contribution in [0.3, 0.4) is 0 Å². The average Bonchev–Trinajstić information content (AvgIpc) is 3.08. The SMILES string of the molecule is Cc1cccc2cc[cH-]c12.Cc1cccc2cc[cH-]c12.[Cl-].[Cl-].[Ti+4]. The third-order valence-electron chi connectivity index (χ3n) is 3.79. The van der Waals surface area contributed by atoms with Crippen molar-refractivity contribution in [3.05, 3.63) is 83.9 Å². The Hall–Kier alpha value is -1.05. The third-order valence-corrected chi connectivity index (χ3v) is 3.79. The second-order valence-electron chi connectivity index (χ2n) is 5.21. The quantitative estimate of drug-likeness (QED) is 0.293. The molecule has 0 atom stereocenters. The summed E-state index contributed by atoms with van der Waals surface area (Å²) in [6.07, 6.45) is 0. The molecule has 0 heterocycles. The van der Waals surface area contributed by atoms with Gasteiger partial charge in [-0.05, 0) is 0 Å². The van der Waals surface area contributed by atoms with Crippen LogP contribution in [-0.2, 0) is 21.7 Å². The van der Waals surface area contributed by atoms with Crippen molar-refractivity contribution in [3.63, 3.8) is 0 Å². The van der Waals surface area contributed by atoms with E-state index >= 15 is 0 Å². The average molecular weight is 377 g/mol. The predicted octanol–water partition coefficient (Wildman–Crippen LogP) is -0.260. The van der Waals surface area contributed by atoms with Crippen molar-refractivity contribution in [3.8, 4) is 0 Å². The predicted molar refractivity (Wildman–Crippen MR) is 88.6 cm³/mol. The van der Waals surface area contributed by atoms with Crippen molar-refractivity contribution in [2.75, 3.05) is 0 Å². The number of benzene rings is 2. The minimum absolute atomic E-state index is 0. The number of hydrogen-bond acceptors (Lipinski definition) is 0. The number of halogens is 2. The van der Waals surface area contributed by atoms with E-state index < -0.39 is 0 Å². The maximum absolute atomic E-state index is 2.16. The van der Waals surface area contributed by atoms with E-state index in [0.717, 1.165) is 0 Å². The molecule has 0 spiro atoms. The molecule has 23 heavy (non-hydrogen) atoms. The molecule has 4 aromatic rings. The summed E-state index contributed by atoms with van der Waals surface area (Å²) in [6, 6.07) is 25.5. The Morgan fingerprint density at radius 3 is 1.35 bits per heavy atom. The second kappa shape index (κ2) is 9.95. The van der Waals surface area contributed by atoms with E-state index in [1.165, 1.54) is 32.7 Å². The minimum Gasteiger partial charge on any atom is -1.00 e. The van der Waals surface area contributed by atoms with Crippen LogP contribution < -0.4 is 24.8 Å².